The zero-order valence-corrected chi connectivity index (χ0v) is 18.6. The number of rotatable bonds is 7. The molecule has 0 bridgehead atoms. The number of hydrogen-bond donors (Lipinski definition) is 1. The second-order valence-corrected chi connectivity index (χ2v) is 7.63. The summed E-state index contributed by atoms with van der Waals surface area (Å²) < 4.78 is 29.9. The van der Waals surface area contributed by atoms with E-state index in [0.29, 0.717) is 23.3 Å². The summed E-state index contributed by atoms with van der Waals surface area (Å²) in [7, 11) is 0. The van der Waals surface area contributed by atoms with Crippen LogP contribution in [0, 0.1) is 5.82 Å². The van der Waals surface area contributed by atoms with E-state index < -0.39 is 17.5 Å². The lowest BCUT2D eigenvalue weighted by atomic mass is 10.1. The van der Waals surface area contributed by atoms with Gasteiger partial charge >= 0.3 is 0 Å². The molecule has 0 saturated heterocycles. The first-order valence-corrected chi connectivity index (χ1v) is 10.9. The van der Waals surface area contributed by atoms with Crippen LogP contribution < -0.4 is 10.1 Å². The van der Waals surface area contributed by atoms with E-state index in [1.807, 2.05) is 6.92 Å². The Morgan fingerprint density at radius 1 is 1.00 bits per heavy atom. The van der Waals surface area contributed by atoms with Crippen molar-refractivity contribution < 1.29 is 27.7 Å². The minimum Gasteiger partial charge on any atom is -0.494 e. The van der Waals surface area contributed by atoms with Gasteiger partial charge in [-0.1, -0.05) is 17.3 Å². The zero-order valence-electron chi connectivity index (χ0n) is 18.6. The number of anilines is 1. The van der Waals surface area contributed by atoms with Gasteiger partial charge in [-0.15, -0.1) is 0 Å². The lowest BCUT2D eigenvalue weighted by Crippen LogP contribution is -2.14. The number of nitrogens with zero attached hydrogens (tertiary/aromatic N) is 1. The number of ketones is 1. The molecular formula is C27H19FN2O5. The van der Waals surface area contributed by atoms with Crippen molar-refractivity contribution in [2.75, 3.05) is 11.9 Å². The average Bonchev–Trinajstić information content (AvgIpc) is 3.51. The van der Waals surface area contributed by atoms with Crippen molar-refractivity contribution in [3.05, 3.63) is 102 Å². The first-order valence-electron chi connectivity index (χ1n) is 10.9. The molecule has 8 heteroatoms. The molecule has 5 aromatic rings. The summed E-state index contributed by atoms with van der Waals surface area (Å²) in [5, 5.41) is 7.15. The summed E-state index contributed by atoms with van der Waals surface area (Å²) in [4.78, 5) is 26.2. The molecule has 0 saturated carbocycles. The fraction of sp³-hybridized carbons (Fsp3) is 0.0741. The molecule has 1 amide bonds. The fourth-order valence-corrected chi connectivity index (χ4v) is 3.64. The van der Waals surface area contributed by atoms with Crippen LogP contribution in [-0.4, -0.2) is 23.5 Å². The molecule has 0 radical (unpaired) electrons. The maximum atomic E-state index is 13.3. The number of ether oxygens (including phenoxy) is 1. The third-order valence-corrected chi connectivity index (χ3v) is 5.34. The predicted octanol–water partition coefficient (Wildman–Crippen LogP) is 6.11. The van der Waals surface area contributed by atoms with Crippen LogP contribution in [0.25, 0.3) is 22.3 Å². The Labute approximate surface area is 199 Å². The maximum Gasteiger partial charge on any atom is 0.277 e. The summed E-state index contributed by atoms with van der Waals surface area (Å²) in [6.07, 6.45) is 0. The minimum absolute atomic E-state index is 0.0272. The monoisotopic (exact) mass is 470 g/mol. The number of benzene rings is 3. The number of amides is 1. The summed E-state index contributed by atoms with van der Waals surface area (Å²) in [5.74, 6) is -0.482. The van der Waals surface area contributed by atoms with E-state index in [4.69, 9.17) is 13.7 Å². The molecule has 174 valence electrons. The van der Waals surface area contributed by atoms with Crippen LogP contribution in [0.15, 0.2) is 87.8 Å². The van der Waals surface area contributed by atoms with Crippen LogP contribution in [0.4, 0.5) is 10.1 Å². The average molecular weight is 470 g/mol. The maximum absolute atomic E-state index is 13.3. The van der Waals surface area contributed by atoms with Crippen LogP contribution in [0.5, 0.6) is 5.75 Å². The van der Waals surface area contributed by atoms with Gasteiger partial charge in [-0.05, 0) is 67.6 Å². The van der Waals surface area contributed by atoms with Gasteiger partial charge in [0.1, 0.15) is 17.1 Å². The highest BCUT2D eigenvalue weighted by Crippen LogP contribution is 2.33. The van der Waals surface area contributed by atoms with Crippen molar-refractivity contribution in [2.45, 2.75) is 6.92 Å². The lowest BCUT2D eigenvalue weighted by molar-refractivity contribution is 0.101. The minimum atomic E-state index is -0.578. The van der Waals surface area contributed by atoms with Crippen LogP contribution >= 0.6 is 0 Å². The first kappa shape index (κ1) is 22.1. The molecule has 7 nitrogen and oxygen atoms in total. The molecule has 0 aliphatic carbocycles. The second-order valence-electron chi connectivity index (χ2n) is 7.63. The van der Waals surface area contributed by atoms with Gasteiger partial charge in [0.15, 0.2) is 17.2 Å². The molecule has 1 N–H and O–H groups in total. The van der Waals surface area contributed by atoms with Gasteiger partial charge in [-0.3, -0.25) is 9.59 Å². The highest BCUT2D eigenvalue weighted by atomic mass is 19.1. The third-order valence-electron chi connectivity index (χ3n) is 5.34. The van der Waals surface area contributed by atoms with E-state index in [-0.39, 0.29) is 22.7 Å². The Morgan fingerprint density at radius 3 is 2.49 bits per heavy atom. The number of fused-ring (bicyclic) bond motifs is 1. The summed E-state index contributed by atoms with van der Waals surface area (Å²) in [6, 6.07) is 20.7. The first-order chi connectivity index (χ1) is 17.0. The molecule has 0 atom stereocenters. The Bertz CT molecular complexity index is 1520. The van der Waals surface area contributed by atoms with Gasteiger partial charge in [0, 0.05) is 22.6 Å². The number of aromatic nitrogens is 1. The van der Waals surface area contributed by atoms with E-state index in [1.54, 1.807) is 48.5 Å². The van der Waals surface area contributed by atoms with Crippen molar-refractivity contribution in [3.8, 4) is 17.1 Å². The Hall–Kier alpha value is -4.72. The number of para-hydroxylation sites is 1. The standard InChI is InChI=1S/C27H19FN2O5/c1-2-33-19-13-9-16(10-14-19)23-15-21(30-35-23)27(32)29-24-20-5-3-4-6-22(20)34-26(24)25(31)17-7-11-18(28)12-8-17/h3-15H,2H2,1H3,(H,29,32). The molecule has 5 rings (SSSR count). The number of carbonyl (C=O) groups excluding carboxylic acids is 2. The van der Waals surface area contributed by atoms with Crippen molar-refractivity contribution in [3.63, 3.8) is 0 Å². The van der Waals surface area contributed by atoms with E-state index in [0.717, 1.165) is 11.3 Å². The fourth-order valence-electron chi connectivity index (χ4n) is 3.64. The quantitative estimate of drug-likeness (QED) is 0.289. The molecule has 0 spiro atoms. The zero-order chi connectivity index (χ0) is 24.4. The lowest BCUT2D eigenvalue weighted by Gasteiger charge is -2.04. The van der Waals surface area contributed by atoms with Crippen molar-refractivity contribution >= 4 is 28.3 Å². The van der Waals surface area contributed by atoms with Gasteiger partial charge in [0.05, 0.1) is 12.3 Å². The van der Waals surface area contributed by atoms with E-state index in [9.17, 15) is 14.0 Å². The van der Waals surface area contributed by atoms with Crippen LogP contribution in [0.2, 0.25) is 0 Å². The molecule has 3 aromatic carbocycles. The Balaban J connectivity index is 1.44. The molecule has 2 aromatic heterocycles. The van der Waals surface area contributed by atoms with Gasteiger partial charge in [-0.2, -0.15) is 0 Å². The van der Waals surface area contributed by atoms with E-state index in [1.165, 1.54) is 30.3 Å². The second kappa shape index (κ2) is 9.26. The highest BCUT2D eigenvalue weighted by Gasteiger charge is 2.25. The number of carbonyl (C=O) groups is 2. The van der Waals surface area contributed by atoms with Crippen molar-refractivity contribution in [2.24, 2.45) is 0 Å². The summed E-state index contributed by atoms with van der Waals surface area (Å²) >= 11 is 0. The van der Waals surface area contributed by atoms with Crippen molar-refractivity contribution in [1.82, 2.24) is 5.16 Å². The van der Waals surface area contributed by atoms with Crippen LogP contribution in [-0.2, 0) is 0 Å². The molecular weight excluding hydrogens is 451 g/mol. The van der Waals surface area contributed by atoms with Crippen LogP contribution in [0.1, 0.15) is 33.5 Å². The Kier molecular flexibility index (Phi) is 5.85. The topological polar surface area (TPSA) is 94.6 Å². The smallest absolute Gasteiger partial charge is 0.277 e. The summed E-state index contributed by atoms with van der Waals surface area (Å²) in [5.41, 5.74) is 1.59. The van der Waals surface area contributed by atoms with Crippen LogP contribution in [0.3, 0.4) is 0 Å². The van der Waals surface area contributed by atoms with Gasteiger partial charge in [0.25, 0.3) is 5.91 Å². The molecule has 0 aliphatic heterocycles. The number of nitrogens with one attached hydrogen (secondary N) is 1. The van der Waals surface area contributed by atoms with E-state index in [2.05, 4.69) is 10.5 Å². The molecule has 0 fully saturated rings. The Morgan fingerprint density at radius 2 is 1.74 bits per heavy atom. The normalized spacial score (nSPS) is 10.9. The van der Waals surface area contributed by atoms with Crippen molar-refractivity contribution in [1.29, 1.82) is 0 Å². The largest absolute Gasteiger partial charge is 0.494 e. The highest BCUT2D eigenvalue weighted by molar-refractivity contribution is 6.18. The van der Waals surface area contributed by atoms with E-state index >= 15 is 0 Å². The van der Waals surface area contributed by atoms with Gasteiger partial charge in [-0.25, -0.2) is 4.39 Å². The SMILES string of the molecule is CCOc1ccc(-c2cc(C(=O)Nc3c(C(=O)c4ccc(F)cc4)oc4ccccc34)no2)cc1. The third kappa shape index (κ3) is 4.41. The molecule has 35 heavy (non-hydrogen) atoms. The van der Waals surface area contributed by atoms with Gasteiger partial charge in [0.2, 0.25) is 5.78 Å². The number of furan rings is 1. The number of halogens is 1. The molecule has 0 unspecified atom stereocenters. The molecule has 2 heterocycles. The summed E-state index contributed by atoms with van der Waals surface area (Å²) in [6.45, 7) is 2.46. The number of hydrogen-bond acceptors (Lipinski definition) is 6. The molecule has 0 aliphatic rings. The van der Waals surface area contributed by atoms with Gasteiger partial charge < -0.3 is 19.0 Å². The predicted molar refractivity (Wildman–Crippen MR) is 127 cm³/mol.